The molecule has 0 bridgehead atoms. The number of hydrogen-bond acceptors (Lipinski definition) is 2. The predicted molar refractivity (Wildman–Crippen MR) is 178 cm³/mol. The Morgan fingerprint density at radius 1 is 0.500 bits per heavy atom. The maximum Gasteiger partial charge on any atom is 0.108 e. The van der Waals surface area contributed by atoms with Gasteiger partial charge in [-0.3, -0.25) is 4.57 Å². The smallest absolute Gasteiger partial charge is 0.108 e. The van der Waals surface area contributed by atoms with E-state index in [1.807, 2.05) is 42.5 Å². The van der Waals surface area contributed by atoms with Gasteiger partial charge in [0.2, 0.25) is 0 Å². The zero-order valence-electron chi connectivity index (χ0n) is 22.9. The highest BCUT2D eigenvalue weighted by Crippen LogP contribution is 2.42. The normalized spacial score (nSPS) is 12.8. The van der Waals surface area contributed by atoms with Crippen molar-refractivity contribution >= 4 is 65.9 Å². The molecule has 0 aliphatic carbocycles. The molecule has 4 nitrogen and oxygen atoms in total. The van der Waals surface area contributed by atoms with Gasteiger partial charge in [-0.1, -0.05) is 109 Å². The lowest BCUT2D eigenvalue weighted by atomic mass is 10.0. The summed E-state index contributed by atoms with van der Waals surface area (Å²) in [6, 6.07) is 46.6. The van der Waals surface area contributed by atoms with E-state index >= 15 is 0 Å². The van der Waals surface area contributed by atoms with Crippen molar-refractivity contribution in [3.05, 3.63) is 151 Å². The molecule has 200 valence electrons. The number of allylic oxidation sites excluding steroid dienone is 2. The van der Waals surface area contributed by atoms with E-state index in [4.69, 9.17) is 11.5 Å². The van der Waals surface area contributed by atoms with E-state index in [0.29, 0.717) is 11.5 Å². The highest BCUT2D eigenvalue weighted by molar-refractivity contribution is 6.28. The molecular weight excluding hydrogens is 512 g/mol. The second-order valence-corrected chi connectivity index (χ2v) is 10.6. The van der Waals surface area contributed by atoms with E-state index in [0.717, 1.165) is 43.8 Å². The summed E-state index contributed by atoms with van der Waals surface area (Å²) in [6.45, 7) is 0. The van der Waals surface area contributed by atoms with Gasteiger partial charge in [0.1, 0.15) is 5.82 Å². The molecule has 2 heterocycles. The van der Waals surface area contributed by atoms with Crippen LogP contribution in [0.4, 0.5) is 0 Å². The number of hydrogen-bond donors (Lipinski definition) is 2. The van der Waals surface area contributed by atoms with Crippen LogP contribution in [-0.4, -0.2) is 9.13 Å². The monoisotopic (exact) mass is 540 g/mol. The van der Waals surface area contributed by atoms with Crippen molar-refractivity contribution in [2.24, 2.45) is 11.5 Å². The van der Waals surface area contributed by atoms with Gasteiger partial charge in [0.15, 0.2) is 0 Å². The quantitative estimate of drug-likeness (QED) is 0.219. The third-order valence-electron chi connectivity index (χ3n) is 8.26. The maximum atomic E-state index is 6.97. The molecule has 0 aliphatic heterocycles. The van der Waals surface area contributed by atoms with Crippen molar-refractivity contribution in [3.63, 3.8) is 0 Å². The molecule has 0 saturated heterocycles. The van der Waals surface area contributed by atoms with Crippen LogP contribution in [0.3, 0.4) is 0 Å². The van der Waals surface area contributed by atoms with Crippen LogP contribution in [0.5, 0.6) is 0 Å². The fourth-order valence-corrected chi connectivity index (χ4v) is 6.40. The third kappa shape index (κ3) is 3.55. The van der Waals surface area contributed by atoms with E-state index in [1.54, 1.807) is 0 Å². The lowest BCUT2D eigenvalue weighted by Crippen LogP contribution is -2.07. The minimum absolute atomic E-state index is 0.604. The van der Waals surface area contributed by atoms with Gasteiger partial charge in [0.25, 0.3) is 0 Å². The summed E-state index contributed by atoms with van der Waals surface area (Å²) < 4.78 is 4.58. The Balaban J connectivity index is 1.54. The molecule has 2 aromatic heterocycles. The number of aromatic nitrogens is 2. The number of benzene rings is 6. The highest BCUT2D eigenvalue weighted by atomic mass is 15.1. The van der Waals surface area contributed by atoms with Crippen LogP contribution in [0.1, 0.15) is 5.56 Å². The maximum absolute atomic E-state index is 6.97. The molecule has 0 radical (unpaired) electrons. The van der Waals surface area contributed by atoms with Gasteiger partial charge in [0.05, 0.1) is 22.1 Å². The third-order valence-corrected chi connectivity index (χ3v) is 8.26. The van der Waals surface area contributed by atoms with Crippen molar-refractivity contribution in [1.82, 2.24) is 9.13 Å². The van der Waals surface area contributed by atoms with Crippen molar-refractivity contribution in [2.75, 3.05) is 0 Å². The molecule has 6 aromatic carbocycles. The summed E-state index contributed by atoms with van der Waals surface area (Å²) in [6.07, 6.45) is 3.81. The van der Waals surface area contributed by atoms with Gasteiger partial charge in [-0.2, -0.15) is 0 Å². The topological polar surface area (TPSA) is 61.9 Å². The second kappa shape index (κ2) is 9.43. The van der Waals surface area contributed by atoms with Crippen LogP contribution in [0.2, 0.25) is 0 Å². The van der Waals surface area contributed by atoms with Gasteiger partial charge in [0, 0.05) is 38.3 Å². The summed E-state index contributed by atoms with van der Waals surface area (Å²) in [5.74, 6) is 0.604. The minimum Gasteiger partial charge on any atom is -0.398 e. The van der Waals surface area contributed by atoms with Crippen LogP contribution in [-0.2, 0) is 0 Å². The van der Waals surface area contributed by atoms with Gasteiger partial charge >= 0.3 is 0 Å². The SMILES string of the molecule is N/C(=C\C=C(/N)n1c2ccccc2c2ccc3ccc4c5ccccc5n(-c5ccccc5)c4c3c21)c1ccccc1. The Morgan fingerprint density at radius 3 is 1.79 bits per heavy atom. The molecule has 42 heavy (non-hydrogen) atoms. The standard InChI is InChI=1S/C38H28N4/c39-32(25-11-3-1-4-12-25)23-24-35(40)42-34-18-10-8-16-29(34)31-22-20-26-19-21-30-28-15-7-9-17-33(28)41(27-13-5-2-6-14-27)37(30)36(26)38(31)42/h1-24H,39-40H2/b32-23-,35-24+. The van der Waals surface area contributed by atoms with Crippen LogP contribution >= 0.6 is 0 Å². The Hall–Kier alpha value is -5.74. The molecule has 8 rings (SSSR count). The lowest BCUT2D eigenvalue weighted by Gasteiger charge is -2.13. The molecule has 0 unspecified atom stereocenters. The molecule has 4 N–H and O–H groups in total. The zero-order chi connectivity index (χ0) is 28.2. The van der Waals surface area contributed by atoms with Gasteiger partial charge in [-0.15, -0.1) is 0 Å². The van der Waals surface area contributed by atoms with E-state index in [9.17, 15) is 0 Å². The molecule has 0 aliphatic rings. The second-order valence-electron chi connectivity index (χ2n) is 10.6. The first kappa shape index (κ1) is 24.1. The van der Waals surface area contributed by atoms with Crippen molar-refractivity contribution in [2.45, 2.75) is 0 Å². The first-order valence-corrected chi connectivity index (χ1v) is 14.1. The molecule has 0 saturated carbocycles. The first-order valence-electron chi connectivity index (χ1n) is 14.1. The summed E-state index contributed by atoms with van der Waals surface area (Å²) in [4.78, 5) is 0. The summed E-state index contributed by atoms with van der Waals surface area (Å²) in [7, 11) is 0. The number of nitrogens with two attached hydrogens (primary N) is 2. The van der Waals surface area contributed by atoms with E-state index < -0.39 is 0 Å². The average molecular weight is 541 g/mol. The number of rotatable bonds is 4. The van der Waals surface area contributed by atoms with Crippen molar-refractivity contribution in [1.29, 1.82) is 0 Å². The van der Waals surface area contributed by atoms with Crippen molar-refractivity contribution < 1.29 is 0 Å². The largest absolute Gasteiger partial charge is 0.398 e. The Morgan fingerprint density at radius 2 is 1.07 bits per heavy atom. The predicted octanol–water partition coefficient (Wildman–Crippen LogP) is 8.80. The molecular formula is C38H28N4. The van der Waals surface area contributed by atoms with Crippen LogP contribution in [0.25, 0.3) is 71.6 Å². The molecule has 0 spiro atoms. The fraction of sp³-hybridized carbons (Fsp3) is 0. The molecule has 0 amide bonds. The fourth-order valence-electron chi connectivity index (χ4n) is 6.40. The summed E-state index contributed by atoms with van der Waals surface area (Å²) in [5, 5.41) is 7.07. The van der Waals surface area contributed by atoms with Crippen LogP contribution in [0.15, 0.2) is 146 Å². The average Bonchev–Trinajstić information content (AvgIpc) is 3.57. The number of fused-ring (bicyclic) bond motifs is 9. The molecule has 4 heteroatoms. The highest BCUT2D eigenvalue weighted by Gasteiger charge is 2.20. The van der Waals surface area contributed by atoms with E-state index in [-0.39, 0.29) is 0 Å². The summed E-state index contributed by atoms with van der Waals surface area (Å²) >= 11 is 0. The minimum atomic E-state index is 0.604. The van der Waals surface area contributed by atoms with Crippen molar-refractivity contribution in [3.8, 4) is 5.69 Å². The lowest BCUT2D eigenvalue weighted by molar-refractivity contribution is 1.17. The Kier molecular flexibility index (Phi) is 5.41. The summed E-state index contributed by atoms with van der Waals surface area (Å²) in [5.41, 5.74) is 20.7. The van der Waals surface area contributed by atoms with Gasteiger partial charge in [-0.05, 0) is 47.4 Å². The van der Waals surface area contributed by atoms with Gasteiger partial charge in [-0.25, -0.2) is 0 Å². The Labute approximate surface area is 243 Å². The van der Waals surface area contributed by atoms with Crippen LogP contribution < -0.4 is 11.5 Å². The molecule has 0 fully saturated rings. The van der Waals surface area contributed by atoms with E-state index in [2.05, 4.69) is 112 Å². The zero-order valence-corrected chi connectivity index (χ0v) is 22.9. The molecule has 0 atom stereocenters. The molecule has 8 aromatic rings. The Bertz CT molecular complexity index is 2350. The van der Waals surface area contributed by atoms with Gasteiger partial charge < -0.3 is 16.0 Å². The number of nitrogens with zero attached hydrogens (tertiary/aromatic N) is 2. The first-order chi connectivity index (χ1) is 20.7. The van der Waals surface area contributed by atoms with E-state index in [1.165, 1.54) is 21.8 Å². The number of para-hydroxylation sites is 3. The van der Waals surface area contributed by atoms with Crippen LogP contribution in [0, 0.1) is 0 Å².